The number of hydrogen-bond acceptors (Lipinski definition) is 2. The van der Waals surface area contributed by atoms with Crippen molar-refractivity contribution in [2.75, 3.05) is 6.54 Å². The van der Waals surface area contributed by atoms with E-state index in [-0.39, 0.29) is 11.2 Å². The lowest BCUT2D eigenvalue weighted by Gasteiger charge is -2.28. The van der Waals surface area contributed by atoms with Gasteiger partial charge in [0.2, 0.25) is 0 Å². The highest BCUT2D eigenvalue weighted by molar-refractivity contribution is 5.40. The van der Waals surface area contributed by atoms with Crippen LogP contribution >= 0.6 is 0 Å². The molecule has 0 unspecified atom stereocenters. The lowest BCUT2D eigenvalue weighted by atomic mass is 9.79. The third-order valence-corrected chi connectivity index (χ3v) is 4.60. The van der Waals surface area contributed by atoms with E-state index in [4.69, 9.17) is 5.73 Å². The summed E-state index contributed by atoms with van der Waals surface area (Å²) in [5.74, 6) is 0.578. The second-order valence-corrected chi connectivity index (χ2v) is 5.70. The third-order valence-electron chi connectivity index (χ3n) is 4.60. The molecule has 0 atom stereocenters. The molecular formula is C16H20FN3. The van der Waals surface area contributed by atoms with Gasteiger partial charge in [-0.05, 0) is 37.5 Å². The molecule has 1 fully saturated rings. The maximum atomic E-state index is 14.5. The van der Waals surface area contributed by atoms with Crippen LogP contribution in [0.3, 0.4) is 0 Å². The van der Waals surface area contributed by atoms with Gasteiger partial charge < -0.3 is 10.3 Å². The molecule has 1 aliphatic rings. The average molecular weight is 273 g/mol. The number of aryl methyl sites for hydroxylation is 1. The minimum Gasteiger partial charge on any atom is -0.330 e. The van der Waals surface area contributed by atoms with Gasteiger partial charge in [0.05, 0.1) is 5.69 Å². The van der Waals surface area contributed by atoms with E-state index in [0.29, 0.717) is 12.2 Å². The molecular weight excluding hydrogens is 253 g/mol. The Morgan fingerprint density at radius 2 is 2.10 bits per heavy atom. The summed E-state index contributed by atoms with van der Waals surface area (Å²) >= 11 is 0. The topological polar surface area (TPSA) is 43.8 Å². The first kappa shape index (κ1) is 13.3. The summed E-state index contributed by atoms with van der Waals surface area (Å²) in [5.41, 5.74) is 7.53. The molecule has 4 heteroatoms. The van der Waals surface area contributed by atoms with E-state index in [9.17, 15) is 4.39 Å². The summed E-state index contributed by atoms with van der Waals surface area (Å²) < 4.78 is 16.2. The molecule has 0 saturated heterocycles. The monoisotopic (exact) mass is 273 g/mol. The van der Waals surface area contributed by atoms with E-state index in [1.54, 1.807) is 23.0 Å². The lowest BCUT2D eigenvalue weighted by Crippen LogP contribution is -2.32. The first-order valence-corrected chi connectivity index (χ1v) is 7.17. The number of halogens is 1. The second-order valence-electron chi connectivity index (χ2n) is 5.70. The Bertz CT molecular complexity index is 612. The first-order valence-electron chi connectivity index (χ1n) is 7.17. The van der Waals surface area contributed by atoms with E-state index in [2.05, 4.69) is 4.98 Å². The fourth-order valence-electron chi connectivity index (χ4n) is 3.33. The van der Waals surface area contributed by atoms with Crippen molar-refractivity contribution >= 4 is 0 Å². The molecule has 0 bridgehead atoms. The molecule has 0 aliphatic heterocycles. The minimum atomic E-state index is -0.205. The highest BCUT2D eigenvalue weighted by Crippen LogP contribution is 2.40. The van der Waals surface area contributed by atoms with Crippen LogP contribution in [-0.4, -0.2) is 16.1 Å². The zero-order chi connectivity index (χ0) is 14.2. The maximum absolute atomic E-state index is 14.5. The van der Waals surface area contributed by atoms with Crippen molar-refractivity contribution in [2.45, 2.75) is 38.0 Å². The van der Waals surface area contributed by atoms with Crippen LogP contribution in [0, 0.1) is 12.7 Å². The highest BCUT2D eigenvalue weighted by Gasteiger charge is 2.34. The maximum Gasteiger partial charge on any atom is 0.147 e. The molecule has 0 radical (unpaired) electrons. The molecule has 2 N–H and O–H groups in total. The summed E-state index contributed by atoms with van der Waals surface area (Å²) in [6, 6.07) is 5.53. The van der Waals surface area contributed by atoms with Gasteiger partial charge in [-0.1, -0.05) is 18.9 Å². The molecule has 2 aromatic rings. The van der Waals surface area contributed by atoms with Crippen molar-refractivity contribution in [3.05, 3.63) is 47.8 Å². The summed E-state index contributed by atoms with van der Waals surface area (Å²) in [5, 5.41) is 0. The molecule has 3 rings (SSSR count). The fourth-order valence-corrected chi connectivity index (χ4v) is 3.33. The van der Waals surface area contributed by atoms with Crippen molar-refractivity contribution in [3.8, 4) is 5.69 Å². The van der Waals surface area contributed by atoms with Gasteiger partial charge in [0.1, 0.15) is 11.6 Å². The van der Waals surface area contributed by atoms with Crippen LogP contribution in [0.2, 0.25) is 0 Å². The largest absolute Gasteiger partial charge is 0.330 e. The van der Waals surface area contributed by atoms with Crippen LogP contribution in [-0.2, 0) is 5.41 Å². The highest BCUT2D eigenvalue weighted by atomic mass is 19.1. The van der Waals surface area contributed by atoms with E-state index in [1.165, 1.54) is 12.8 Å². The Labute approximate surface area is 118 Å². The van der Waals surface area contributed by atoms with Gasteiger partial charge >= 0.3 is 0 Å². The third kappa shape index (κ3) is 2.04. The van der Waals surface area contributed by atoms with Crippen molar-refractivity contribution in [2.24, 2.45) is 5.73 Å². The molecule has 1 aromatic carbocycles. The molecule has 3 nitrogen and oxygen atoms in total. The van der Waals surface area contributed by atoms with Crippen molar-refractivity contribution < 1.29 is 4.39 Å². The molecule has 1 saturated carbocycles. The number of rotatable bonds is 3. The molecule has 1 aliphatic carbocycles. The minimum absolute atomic E-state index is 0.0245. The van der Waals surface area contributed by atoms with Gasteiger partial charge in [0, 0.05) is 24.4 Å². The van der Waals surface area contributed by atoms with Crippen LogP contribution in [0.1, 0.15) is 37.1 Å². The van der Waals surface area contributed by atoms with E-state index in [0.717, 1.165) is 24.2 Å². The lowest BCUT2D eigenvalue weighted by molar-refractivity contribution is 0.449. The zero-order valence-corrected chi connectivity index (χ0v) is 11.8. The zero-order valence-electron chi connectivity index (χ0n) is 11.8. The smallest absolute Gasteiger partial charge is 0.147 e. The normalized spacial score (nSPS) is 17.6. The summed E-state index contributed by atoms with van der Waals surface area (Å²) in [4.78, 5) is 4.14. The molecule has 0 amide bonds. The van der Waals surface area contributed by atoms with Gasteiger partial charge in [-0.15, -0.1) is 0 Å². The standard InChI is InChI=1S/C16H20FN3/c1-12-19-8-9-20(12)15-5-4-13(10-14(15)17)16(11-18)6-2-3-7-16/h4-5,8-10H,2-3,6-7,11,18H2,1H3. The Kier molecular flexibility index (Phi) is 3.34. The van der Waals surface area contributed by atoms with Crippen LogP contribution in [0.15, 0.2) is 30.6 Å². The SMILES string of the molecule is Cc1nccn1-c1ccc(C2(CN)CCCC2)cc1F. The molecule has 1 aromatic heterocycles. The summed E-state index contributed by atoms with van der Waals surface area (Å²) in [6.45, 7) is 2.46. The molecule has 106 valence electrons. The Hall–Kier alpha value is -1.68. The quantitative estimate of drug-likeness (QED) is 0.934. The second kappa shape index (κ2) is 5.02. The van der Waals surface area contributed by atoms with Crippen LogP contribution in [0.4, 0.5) is 4.39 Å². The Balaban J connectivity index is 2.02. The van der Waals surface area contributed by atoms with Crippen molar-refractivity contribution in [1.82, 2.24) is 9.55 Å². The van der Waals surface area contributed by atoms with Crippen molar-refractivity contribution in [1.29, 1.82) is 0 Å². The Morgan fingerprint density at radius 1 is 1.35 bits per heavy atom. The predicted molar refractivity (Wildman–Crippen MR) is 77.5 cm³/mol. The van der Waals surface area contributed by atoms with E-state index in [1.807, 2.05) is 19.1 Å². The Morgan fingerprint density at radius 3 is 2.65 bits per heavy atom. The van der Waals surface area contributed by atoms with E-state index < -0.39 is 0 Å². The molecule has 1 heterocycles. The van der Waals surface area contributed by atoms with Crippen LogP contribution in [0.5, 0.6) is 0 Å². The number of aromatic nitrogens is 2. The van der Waals surface area contributed by atoms with Crippen LogP contribution < -0.4 is 5.73 Å². The van der Waals surface area contributed by atoms with Gasteiger partial charge in [-0.25, -0.2) is 9.37 Å². The molecule has 0 spiro atoms. The molecule has 20 heavy (non-hydrogen) atoms. The number of hydrogen-bond donors (Lipinski definition) is 1. The summed E-state index contributed by atoms with van der Waals surface area (Å²) in [7, 11) is 0. The first-order chi connectivity index (χ1) is 9.66. The van der Waals surface area contributed by atoms with Gasteiger partial charge in [-0.3, -0.25) is 0 Å². The number of nitrogens with two attached hydrogens (primary N) is 1. The van der Waals surface area contributed by atoms with Crippen LogP contribution in [0.25, 0.3) is 5.69 Å². The van der Waals surface area contributed by atoms with Crippen molar-refractivity contribution in [3.63, 3.8) is 0 Å². The van der Waals surface area contributed by atoms with Gasteiger partial charge in [-0.2, -0.15) is 0 Å². The van der Waals surface area contributed by atoms with Gasteiger partial charge in [0.25, 0.3) is 0 Å². The van der Waals surface area contributed by atoms with Gasteiger partial charge in [0.15, 0.2) is 0 Å². The number of nitrogens with zero attached hydrogens (tertiary/aromatic N) is 2. The average Bonchev–Trinajstić information content (AvgIpc) is 3.08. The summed E-state index contributed by atoms with van der Waals surface area (Å²) in [6.07, 6.45) is 7.95. The van der Waals surface area contributed by atoms with E-state index >= 15 is 0 Å². The number of imidazole rings is 1. The predicted octanol–water partition coefficient (Wildman–Crippen LogP) is 3.09. The fraction of sp³-hybridized carbons (Fsp3) is 0.438. The number of benzene rings is 1.